The summed E-state index contributed by atoms with van der Waals surface area (Å²) in [6.45, 7) is 5.06. The minimum Gasteiger partial charge on any atom is -0.369 e. The fourth-order valence-corrected chi connectivity index (χ4v) is 1.74. The molecular weight excluding hydrogens is 214 g/mol. The lowest BCUT2D eigenvalue weighted by Crippen LogP contribution is -2.27. The summed E-state index contributed by atoms with van der Waals surface area (Å²) in [6, 6.07) is 3.96. The summed E-state index contributed by atoms with van der Waals surface area (Å²) >= 11 is 0. The van der Waals surface area contributed by atoms with Gasteiger partial charge in [0, 0.05) is 18.8 Å². The molecule has 2 atom stereocenters. The van der Waals surface area contributed by atoms with Crippen molar-refractivity contribution >= 4 is 11.7 Å². The zero-order chi connectivity index (χ0) is 12.3. The summed E-state index contributed by atoms with van der Waals surface area (Å²) in [5.74, 6) is 1.27. The molecule has 0 aliphatic heterocycles. The van der Waals surface area contributed by atoms with Gasteiger partial charge in [-0.1, -0.05) is 13.8 Å². The third kappa shape index (κ3) is 2.96. The Hall–Kier alpha value is -1.58. The van der Waals surface area contributed by atoms with Crippen LogP contribution in [0.2, 0.25) is 0 Å². The molecule has 1 aromatic rings. The maximum absolute atomic E-state index is 12.0. The number of anilines is 1. The Labute approximate surface area is 102 Å². The van der Waals surface area contributed by atoms with Gasteiger partial charge in [0.1, 0.15) is 5.82 Å². The fourth-order valence-electron chi connectivity index (χ4n) is 1.74. The predicted molar refractivity (Wildman–Crippen MR) is 68.1 cm³/mol. The van der Waals surface area contributed by atoms with E-state index in [-0.39, 0.29) is 5.91 Å². The molecule has 1 saturated carbocycles. The smallest absolute Gasteiger partial charge is 0.255 e. The lowest BCUT2D eigenvalue weighted by Gasteiger charge is -2.10. The van der Waals surface area contributed by atoms with Crippen LogP contribution in [0.4, 0.5) is 5.82 Å². The number of hydrogen-bond acceptors (Lipinski definition) is 3. The van der Waals surface area contributed by atoms with Gasteiger partial charge < -0.3 is 10.6 Å². The first-order chi connectivity index (χ1) is 8.22. The molecule has 0 radical (unpaired) electrons. The average molecular weight is 233 g/mol. The maximum Gasteiger partial charge on any atom is 0.255 e. The van der Waals surface area contributed by atoms with Crippen LogP contribution in [0.25, 0.3) is 0 Å². The molecule has 0 bridgehead atoms. The molecule has 1 amide bonds. The van der Waals surface area contributed by atoms with Crippen molar-refractivity contribution in [3.05, 3.63) is 23.9 Å². The van der Waals surface area contributed by atoms with Gasteiger partial charge in [0.2, 0.25) is 0 Å². The Morgan fingerprint density at radius 1 is 1.59 bits per heavy atom. The largest absolute Gasteiger partial charge is 0.369 e. The van der Waals surface area contributed by atoms with Crippen LogP contribution in [-0.4, -0.2) is 23.5 Å². The van der Waals surface area contributed by atoms with E-state index in [0.717, 1.165) is 19.4 Å². The molecule has 2 rings (SSSR count). The maximum atomic E-state index is 12.0. The summed E-state index contributed by atoms with van der Waals surface area (Å²) in [7, 11) is 0. The third-order valence-electron chi connectivity index (χ3n) is 3.02. The molecule has 17 heavy (non-hydrogen) atoms. The number of nitrogens with one attached hydrogen (secondary N) is 2. The second-order valence-electron chi connectivity index (χ2n) is 4.62. The van der Waals surface area contributed by atoms with Crippen molar-refractivity contribution in [2.45, 2.75) is 32.7 Å². The Balaban J connectivity index is 2.04. The molecule has 1 fully saturated rings. The minimum absolute atomic E-state index is 0.0222. The van der Waals surface area contributed by atoms with Gasteiger partial charge in [-0.05, 0) is 30.9 Å². The summed E-state index contributed by atoms with van der Waals surface area (Å²) in [6.07, 6.45) is 3.80. The van der Waals surface area contributed by atoms with Gasteiger partial charge in [-0.2, -0.15) is 0 Å². The van der Waals surface area contributed by atoms with E-state index in [2.05, 4.69) is 29.5 Å². The Morgan fingerprint density at radius 2 is 2.35 bits per heavy atom. The van der Waals surface area contributed by atoms with Crippen molar-refractivity contribution in [2.24, 2.45) is 5.92 Å². The number of nitrogens with zero attached hydrogens (tertiary/aromatic N) is 1. The summed E-state index contributed by atoms with van der Waals surface area (Å²) in [4.78, 5) is 16.2. The summed E-state index contributed by atoms with van der Waals surface area (Å²) in [5, 5.41) is 6.19. The molecule has 4 heteroatoms. The van der Waals surface area contributed by atoms with E-state index < -0.39 is 0 Å². The van der Waals surface area contributed by atoms with E-state index in [0.29, 0.717) is 23.3 Å². The SMILES string of the molecule is CCCNc1ncccc1C(=O)NC1CC1C. The number of carbonyl (C=O) groups excluding carboxylic acids is 1. The van der Waals surface area contributed by atoms with Gasteiger partial charge in [0.15, 0.2) is 0 Å². The van der Waals surface area contributed by atoms with Crippen molar-refractivity contribution < 1.29 is 4.79 Å². The van der Waals surface area contributed by atoms with E-state index in [9.17, 15) is 4.79 Å². The molecular formula is C13H19N3O. The first-order valence-electron chi connectivity index (χ1n) is 6.22. The fraction of sp³-hybridized carbons (Fsp3) is 0.538. The highest BCUT2D eigenvalue weighted by Crippen LogP contribution is 2.29. The van der Waals surface area contributed by atoms with Gasteiger partial charge in [-0.25, -0.2) is 4.98 Å². The summed E-state index contributed by atoms with van der Waals surface area (Å²) in [5.41, 5.74) is 0.639. The van der Waals surface area contributed by atoms with Crippen LogP contribution >= 0.6 is 0 Å². The predicted octanol–water partition coefficient (Wildman–Crippen LogP) is 2.04. The Bertz CT molecular complexity index is 405. The highest BCUT2D eigenvalue weighted by atomic mass is 16.1. The quantitative estimate of drug-likeness (QED) is 0.818. The van der Waals surface area contributed by atoms with Crippen LogP contribution in [0.15, 0.2) is 18.3 Å². The first-order valence-corrected chi connectivity index (χ1v) is 6.22. The molecule has 0 aromatic carbocycles. The highest BCUT2D eigenvalue weighted by Gasteiger charge is 2.34. The van der Waals surface area contributed by atoms with Crippen LogP contribution in [-0.2, 0) is 0 Å². The molecule has 92 valence electrons. The molecule has 1 aliphatic carbocycles. The lowest BCUT2D eigenvalue weighted by molar-refractivity contribution is 0.0950. The van der Waals surface area contributed by atoms with Gasteiger partial charge in [0.25, 0.3) is 5.91 Å². The zero-order valence-electron chi connectivity index (χ0n) is 10.4. The summed E-state index contributed by atoms with van der Waals surface area (Å²) < 4.78 is 0. The van der Waals surface area contributed by atoms with Crippen LogP contribution in [0.5, 0.6) is 0 Å². The van der Waals surface area contributed by atoms with Crippen LogP contribution in [0.3, 0.4) is 0 Å². The van der Waals surface area contributed by atoms with Crippen molar-refractivity contribution in [1.82, 2.24) is 10.3 Å². The van der Waals surface area contributed by atoms with Crippen LogP contribution < -0.4 is 10.6 Å². The van der Waals surface area contributed by atoms with Crippen molar-refractivity contribution in [3.63, 3.8) is 0 Å². The Kier molecular flexibility index (Phi) is 3.61. The van der Waals surface area contributed by atoms with Gasteiger partial charge in [-0.15, -0.1) is 0 Å². The highest BCUT2D eigenvalue weighted by molar-refractivity contribution is 5.99. The van der Waals surface area contributed by atoms with E-state index in [4.69, 9.17) is 0 Å². The van der Waals surface area contributed by atoms with E-state index >= 15 is 0 Å². The van der Waals surface area contributed by atoms with Crippen molar-refractivity contribution in [2.75, 3.05) is 11.9 Å². The molecule has 2 unspecified atom stereocenters. The van der Waals surface area contributed by atoms with E-state index in [1.165, 1.54) is 0 Å². The number of aromatic nitrogens is 1. The standard InChI is InChI=1S/C13H19N3O/c1-3-6-14-12-10(5-4-7-15-12)13(17)16-11-8-9(11)2/h4-5,7,9,11H,3,6,8H2,1-2H3,(H,14,15)(H,16,17). The third-order valence-corrected chi connectivity index (χ3v) is 3.02. The van der Waals surface area contributed by atoms with Gasteiger partial charge >= 0.3 is 0 Å². The van der Waals surface area contributed by atoms with E-state index in [1.54, 1.807) is 12.3 Å². The average Bonchev–Trinajstić information content (AvgIpc) is 3.02. The lowest BCUT2D eigenvalue weighted by atomic mass is 10.2. The Morgan fingerprint density at radius 3 is 3.00 bits per heavy atom. The number of hydrogen-bond donors (Lipinski definition) is 2. The molecule has 4 nitrogen and oxygen atoms in total. The van der Waals surface area contributed by atoms with E-state index in [1.807, 2.05) is 6.07 Å². The zero-order valence-corrected chi connectivity index (χ0v) is 10.4. The topological polar surface area (TPSA) is 54.0 Å². The van der Waals surface area contributed by atoms with Crippen LogP contribution in [0, 0.1) is 5.92 Å². The van der Waals surface area contributed by atoms with Gasteiger partial charge in [-0.3, -0.25) is 4.79 Å². The molecule has 1 heterocycles. The molecule has 2 N–H and O–H groups in total. The number of amides is 1. The molecule has 1 aromatic heterocycles. The minimum atomic E-state index is -0.0222. The normalized spacial score (nSPS) is 22.0. The second-order valence-corrected chi connectivity index (χ2v) is 4.62. The molecule has 0 spiro atoms. The molecule has 0 saturated heterocycles. The monoisotopic (exact) mass is 233 g/mol. The number of carbonyl (C=O) groups is 1. The second kappa shape index (κ2) is 5.17. The van der Waals surface area contributed by atoms with Gasteiger partial charge in [0.05, 0.1) is 5.56 Å². The van der Waals surface area contributed by atoms with Crippen molar-refractivity contribution in [3.8, 4) is 0 Å². The number of pyridine rings is 1. The molecule has 1 aliphatic rings. The van der Waals surface area contributed by atoms with Crippen molar-refractivity contribution in [1.29, 1.82) is 0 Å². The number of rotatable bonds is 5. The first kappa shape index (κ1) is 11.9. The van der Waals surface area contributed by atoms with Crippen LogP contribution in [0.1, 0.15) is 37.0 Å².